The molecular formula is C52H32BN7. The van der Waals surface area contributed by atoms with Crippen molar-refractivity contribution in [1.29, 1.82) is 0 Å². The van der Waals surface area contributed by atoms with Gasteiger partial charge in [-0.2, -0.15) is 0 Å². The summed E-state index contributed by atoms with van der Waals surface area (Å²) in [5.74, 6) is 0.677. The number of allylic oxidation sites excluding steroid dienone is 6. The van der Waals surface area contributed by atoms with Gasteiger partial charge in [-0.25, -0.2) is 9.97 Å². The SMILES string of the molecule is C=C1C=CC=C2B3c4c(cc(-c5ncccn5)cc4-n4c5c3ccnc5c3c5ccccc5n(-c5ccccc5)c34)-n3c2c1c1c2c(n(-c4ccccc4)c13)=CCC=CC=2. The summed E-state index contributed by atoms with van der Waals surface area (Å²) in [5.41, 5.74) is 17.9. The fourth-order valence-corrected chi connectivity index (χ4v) is 10.8. The Labute approximate surface area is 343 Å². The predicted molar refractivity (Wildman–Crippen MR) is 246 cm³/mol. The Balaban J connectivity index is 1.24. The molecule has 60 heavy (non-hydrogen) atoms. The maximum Gasteiger partial charge on any atom is 0.252 e. The standard InChI is InChI=1S/C52H32BN7/c1-31-15-13-22-37-48-43(31)44-35-20-9-4-10-23-39(35)57(33-16-5-2-6-17-33)51(44)59(48)41-29-32(50-55-26-14-27-56-50)30-42-46(41)53(37)38-25-28-54-47-45-36-21-11-12-24-40(36)58(34-18-7-3-8-19-34)52(45)60(42)49(38)47/h2-9,11-30H,1,10H2. The Morgan fingerprint density at radius 3 is 2.20 bits per heavy atom. The molecule has 7 nitrogen and oxygen atoms in total. The van der Waals surface area contributed by atoms with Crippen molar-refractivity contribution < 1.29 is 0 Å². The number of hydrogen-bond acceptors (Lipinski definition) is 3. The summed E-state index contributed by atoms with van der Waals surface area (Å²) in [5, 5.41) is 5.91. The average Bonchev–Trinajstić information content (AvgIpc) is 3.92. The quantitative estimate of drug-likeness (QED) is 0.170. The van der Waals surface area contributed by atoms with Crippen LogP contribution in [0.2, 0.25) is 0 Å². The van der Waals surface area contributed by atoms with Crippen molar-refractivity contribution in [2.75, 3.05) is 0 Å². The van der Waals surface area contributed by atoms with Crippen molar-refractivity contribution in [3.05, 3.63) is 187 Å². The second-order valence-electron chi connectivity index (χ2n) is 16.0. The van der Waals surface area contributed by atoms with E-state index < -0.39 is 0 Å². The molecule has 4 aliphatic rings. The van der Waals surface area contributed by atoms with E-state index in [2.05, 4.69) is 164 Å². The Kier molecular flexibility index (Phi) is 6.18. The molecule has 0 fully saturated rings. The van der Waals surface area contributed by atoms with Gasteiger partial charge in [-0.15, -0.1) is 0 Å². The van der Waals surface area contributed by atoms with Gasteiger partial charge in [0.15, 0.2) is 5.82 Å². The van der Waals surface area contributed by atoms with E-state index >= 15 is 0 Å². The first-order valence-electron chi connectivity index (χ1n) is 20.5. The van der Waals surface area contributed by atoms with Crippen LogP contribution in [-0.4, -0.2) is 39.9 Å². The molecule has 0 bridgehead atoms. The summed E-state index contributed by atoms with van der Waals surface area (Å²) in [6.07, 6.45) is 22.4. The summed E-state index contributed by atoms with van der Waals surface area (Å²) in [7, 11) is 0. The highest BCUT2D eigenvalue weighted by atomic mass is 15.2. The van der Waals surface area contributed by atoms with E-state index in [1.54, 1.807) is 0 Å². The molecule has 0 spiro atoms. The number of nitrogens with zero attached hydrogens (tertiary/aromatic N) is 7. The number of fused-ring (bicyclic) bond motifs is 14. The Morgan fingerprint density at radius 2 is 1.38 bits per heavy atom. The monoisotopic (exact) mass is 765 g/mol. The van der Waals surface area contributed by atoms with Crippen molar-refractivity contribution in [3.63, 3.8) is 0 Å². The molecule has 0 amide bonds. The first kappa shape index (κ1) is 32.0. The summed E-state index contributed by atoms with van der Waals surface area (Å²) >= 11 is 0. The van der Waals surface area contributed by atoms with Crippen LogP contribution in [0.15, 0.2) is 165 Å². The molecule has 6 aromatic heterocycles. The molecule has 14 rings (SSSR count). The van der Waals surface area contributed by atoms with Crippen LogP contribution in [0.3, 0.4) is 0 Å². The molecule has 278 valence electrons. The fraction of sp³-hybridized carbons (Fsp3) is 0.0192. The van der Waals surface area contributed by atoms with Crippen molar-refractivity contribution in [2.24, 2.45) is 0 Å². The number of hydrogen-bond donors (Lipinski definition) is 0. The highest BCUT2D eigenvalue weighted by molar-refractivity contribution is 7.03. The Bertz CT molecular complexity index is 3800. The van der Waals surface area contributed by atoms with E-state index in [1.165, 1.54) is 49.0 Å². The van der Waals surface area contributed by atoms with Crippen LogP contribution in [0, 0.1) is 0 Å². The number of para-hydroxylation sites is 3. The van der Waals surface area contributed by atoms with E-state index in [4.69, 9.17) is 21.5 Å². The van der Waals surface area contributed by atoms with Gasteiger partial charge in [0.1, 0.15) is 11.3 Å². The zero-order valence-electron chi connectivity index (χ0n) is 32.3. The van der Waals surface area contributed by atoms with Crippen LogP contribution >= 0.6 is 0 Å². The van der Waals surface area contributed by atoms with Crippen molar-refractivity contribution in [1.82, 2.24) is 33.2 Å². The number of aromatic nitrogens is 7. The molecule has 0 unspecified atom stereocenters. The third-order valence-electron chi connectivity index (χ3n) is 13.0. The van der Waals surface area contributed by atoms with Gasteiger partial charge in [0.05, 0.1) is 33.0 Å². The number of rotatable bonds is 3. The van der Waals surface area contributed by atoms with Crippen LogP contribution in [0.5, 0.6) is 0 Å². The lowest BCUT2D eigenvalue weighted by Gasteiger charge is -2.36. The Hall–Kier alpha value is -7.97. The maximum absolute atomic E-state index is 5.25. The largest absolute Gasteiger partial charge is 0.296 e. The van der Waals surface area contributed by atoms with Crippen molar-refractivity contribution >= 4 is 84.8 Å². The van der Waals surface area contributed by atoms with Crippen LogP contribution in [0.25, 0.3) is 101 Å². The van der Waals surface area contributed by atoms with E-state index in [-0.39, 0.29) is 6.71 Å². The lowest BCUT2D eigenvalue weighted by atomic mass is 9.33. The lowest BCUT2D eigenvalue weighted by molar-refractivity contribution is 0.975. The zero-order valence-corrected chi connectivity index (χ0v) is 32.3. The van der Waals surface area contributed by atoms with E-state index in [0.29, 0.717) is 5.82 Å². The molecule has 0 atom stereocenters. The van der Waals surface area contributed by atoms with Gasteiger partial charge in [0.2, 0.25) is 0 Å². The zero-order chi connectivity index (χ0) is 39.2. The van der Waals surface area contributed by atoms with Crippen LogP contribution in [0.1, 0.15) is 17.7 Å². The molecular weight excluding hydrogens is 733 g/mol. The normalized spacial score (nSPS) is 14.5. The minimum atomic E-state index is -0.0887. The van der Waals surface area contributed by atoms with Gasteiger partial charge in [0, 0.05) is 68.5 Å². The van der Waals surface area contributed by atoms with Crippen LogP contribution < -0.4 is 21.5 Å². The molecule has 10 aromatic rings. The van der Waals surface area contributed by atoms with Crippen molar-refractivity contribution in [2.45, 2.75) is 6.42 Å². The summed E-state index contributed by atoms with van der Waals surface area (Å²) < 4.78 is 9.93. The molecule has 2 aliphatic carbocycles. The van der Waals surface area contributed by atoms with E-state index in [1.807, 2.05) is 24.7 Å². The minimum absolute atomic E-state index is 0.0887. The molecule has 0 saturated carbocycles. The summed E-state index contributed by atoms with van der Waals surface area (Å²) in [6.45, 7) is 4.68. The number of benzene rings is 4. The minimum Gasteiger partial charge on any atom is -0.296 e. The molecule has 8 heterocycles. The van der Waals surface area contributed by atoms with Gasteiger partial charge in [-0.05, 0) is 83.0 Å². The van der Waals surface area contributed by atoms with Gasteiger partial charge in [0.25, 0.3) is 6.71 Å². The first-order valence-corrected chi connectivity index (χ1v) is 20.5. The van der Waals surface area contributed by atoms with Gasteiger partial charge < -0.3 is 0 Å². The average molecular weight is 766 g/mol. The molecule has 4 aromatic carbocycles. The topological polar surface area (TPSA) is 58.4 Å². The second kappa shape index (κ2) is 11.6. The van der Waals surface area contributed by atoms with Crippen LogP contribution in [-0.2, 0) is 0 Å². The molecule has 8 heteroatoms. The highest BCUT2D eigenvalue weighted by Gasteiger charge is 2.45. The van der Waals surface area contributed by atoms with Crippen LogP contribution in [0.4, 0.5) is 0 Å². The third kappa shape index (κ3) is 3.93. The predicted octanol–water partition coefficient (Wildman–Crippen LogP) is 8.28. The van der Waals surface area contributed by atoms with E-state index in [0.717, 1.165) is 73.5 Å². The highest BCUT2D eigenvalue weighted by Crippen LogP contribution is 2.47. The van der Waals surface area contributed by atoms with Gasteiger partial charge in [-0.1, -0.05) is 104 Å². The third-order valence-corrected chi connectivity index (χ3v) is 13.0. The molecule has 0 saturated heterocycles. The van der Waals surface area contributed by atoms with Gasteiger partial charge >= 0.3 is 0 Å². The smallest absolute Gasteiger partial charge is 0.252 e. The van der Waals surface area contributed by atoms with Crippen molar-refractivity contribution in [3.8, 4) is 34.1 Å². The number of pyridine rings is 1. The Morgan fingerprint density at radius 1 is 0.650 bits per heavy atom. The second-order valence-corrected chi connectivity index (χ2v) is 16.0. The molecule has 2 aliphatic heterocycles. The first-order chi connectivity index (χ1) is 29.8. The fourth-order valence-electron chi connectivity index (χ4n) is 10.8. The molecule has 0 N–H and O–H groups in total. The van der Waals surface area contributed by atoms with E-state index in [9.17, 15) is 0 Å². The summed E-state index contributed by atoms with van der Waals surface area (Å²) in [6, 6.07) is 39.0. The lowest BCUT2D eigenvalue weighted by Crippen LogP contribution is -2.53. The van der Waals surface area contributed by atoms with Gasteiger partial charge in [-0.3, -0.25) is 23.3 Å². The summed E-state index contributed by atoms with van der Waals surface area (Å²) in [4.78, 5) is 15.0. The molecule has 0 radical (unpaired) electrons. The maximum atomic E-state index is 5.25.